The van der Waals surface area contributed by atoms with E-state index in [1.807, 2.05) is 0 Å². The lowest BCUT2D eigenvalue weighted by molar-refractivity contribution is -0.142. The molecule has 0 aliphatic carbocycles. The molecule has 0 amide bonds. The Hall–Kier alpha value is -1.62. The van der Waals surface area contributed by atoms with Gasteiger partial charge in [-0.3, -0.25) is 9.78 Å². The van der Waals surface area contributed by atoms with E-state index in [4.69, 9.17) is 21.1 Å². The molecule has 0 radical (unpaired) electrons. The standard InChI is InChI=1S/C12H14ClNO4/c1-3-17-11(15)6-10-9(12(16)18-4-2)5-8(13)7-14-10/h5,7H,3-4,6H2,1-2H3. The van der Waals surface area contributed by atoms with Crippen molar-refractivity contribution in [3.05, 3.63) is 28.5 Å². The smallest absolute Gasteiger partial charge is 0.340 e. The average molecular weight is 272 g/mol. The van der Waals surface area contributed by atoms with Crippen molar-refractivity contribution in [1.82, 2.24) is 4.98 Å². The first-order valence-electron chi connectivity index (χ1n) is 5.55. The number of hydrogen-bond acceptors (Lipinski definition) is 5. The van der Waals surface area contributed by atoms with Crippen LogP contribution in [0.2, 0.25) is 5.02 Å². The van der Waals surface area contributed by atoms with Crippen molar-refractivity contribution in [3.63, 3.8) is 0 Å². The number of carbonyl (C=O) groups excluding carboxylic acids is 2. The van der Waals surface area contributed by atoms with Gasteiger partial charge in [-0.25, -0.2) is 4.79 Å². The van der Waals surface area contributed by atoms with Crippen molar-refractivity contribution in [2.24, 2.45) is 0 Å². The molecule has 0 aromatic carbocycles. The van der Waals surface area contributed by atoms with Crippen LogP contribution >= 0.6 is 11.6 Å². The number of esters is 2. The summed E-state index contributed by atoms with van der Waals surface area (Å²) in [5.74, 6) is -0.996. The number of halogens is 1. The molecule has 18 heavy (non-hydrogen) atoms. The summed E-state index contributed by atoms with van der Waals surface area (Å²) < 4.78 is 9.68. The third kappa shape index (κ3) is 4.00. The van der Waals surface area contributed by atoms with Crippen molar-refractivity contribution >= 4 is 23.5 Å². The maximum absolute atomic E-state index is 11.7. The van der Waals surface area contributed by atoms with E-state index in [2.05, 4.69) is 4.98 Å². The molecule has 6 heteroatoms. The normalized spacial score (nSPS) is 9.94. The predicted octanol–water partition coefficient (Wildman–Crippen LogP) is 2.02. The van der Waals surface area contributed by atoms with Gasteiger partial charge in [-0.2, -0.15) is 0 Å². The fourth-order valence-corrected chi connectivity index (χ4v) is 1.50. The summed E-state index contributed by atoms with van der Waals surface area (Å²) in [5.41, 5.74) is 0.494. The summed E-state index contributed by atoms with van der Waals surface area (Å²) in [7, 11) is 0. The molecular weight excluding hydrogens is 258 g/mol. The molecule has 0 atom stereocenters. The van der Waals surface area contributed by atoms with Crippen LogP contribution in [-0.4, -0.2) is 30.1 Å². The summed E-state index contributed by atoms with van der Waals surface area (Å²) in [6.45, 7) is 3.92. The van der Waals surface area contributed by atoms with E-state index in [-0.39, 0.29) is 25.2 Å². The Morgan fingerprint density at radius 3 is 2.56 bits per heavy atom. The number of aromatic nitrogens is 1. The highest BCUT2D eigenvalue weighted by Crippen LogP contribution is 2.15. The summed E-state index contributed by atoms with van der Waals surface area (Å²) in [6, 6.07) is 1.43. The quantitative estimate of drug-likeness (QED) is 0.767. The molecule has 0 N–H and O–H groups in total. The largest absolute Gasteiger partial charge is 0.466 e. The van der Waals surface area contributed by atoms with Crippen LogP contribution in [0, 0.1) is 0 Å². The molecule has 0 bridgehead atoms. The summed E-state index contributed by atoms with van der Waals surface area (Å²) in [6.07, 6.45) is 1.29. The van der Waals surface area contributed by atoms with E-state index in [1.165, 1.54) is 12.3 Å². The average Bonchev–Trinajstić information content (AvgIpc) is 2.32. The van der Waals surface area contributed by atoms with Gasteiger partial charge in [0, 0.05) is 6.20 Å². The molecule has 1 heterocycles. The Balaban J connectivity index is 2.96. The highest BCUT2D eigenvalue weighted by molar-refractivity contribution is 6.30. The maximum Gasteiger partial charge on any atom is 0.340 e. The minimum Gasteiger partial charge on any atom is -0.466 e. The first kappa shape index (κ1) is 14.4. The number of pyridine rings is 1. The predicted molar refractivity (Wildman–Crippen MR) is 65.5 cm³/mol. The van der Waals surface area contributed by atoms with Gasteiger partial charge in [0.15, 0.2) is 0 Å². The van der Waals surface area contributed by atoms with Gasteiger partial charge in [0.05, 0.1) is 35.9 Å². The Kier molecular flexibility index (Phi) is 5.58. The Bertz CT molecular complexity index is 448. The van der Waals surface area contributed by atoms with Gasteiger partial charge in [-0.05, 0) is 19.9 Å². The molecule has 0 fully saturated rings. The van der Waals surface area contributed by atoms with Crippen molar-refractivity contribution < 1.29 is 19.1 Å². The van der Waals surface area contributed by atoms with Gasteiger partial charge < -0.3 is 9.47 Å². The van der Waals surface area contributed by atoms with Crippen molar-refractivity contribution in [1.29, 1.82) is 0 Å². The van der Waals surface area contributed by atoms with Crippen molar-refractivity contribution in [2.45, 2.75) is 20.3 Å². The molecule has 1 aromatic rings. The van der Waals surface area contributed by atoms with E-state index >= 15 is 0 Å². The first-order chi connectivity index (χ1) is 8.58. The molecule has 98 valence electrons. The monoisotopic (exact) mass is 271 g/mol. The van der Waals surface area contributed by atoms with Gasteiger partial charge >= 0.3 is 11.9 Å². The van der Waals surface area contributed by atoms with Crippen LogP contribution in [0.1, 0.15) is 29.9 Å². The Labute approximate surface area is 110 Å². The molecule has 5 nitrogen and oxygen atoms in total. The van der Waals surface area contributed by atoms with Gasteiger partial charge in [0.1, 0.15) is 0 Å². The molecule has 0 saturated carbocycles. The molecule has 1 aromatic heterocycles. The van der Waals surface area contributed by atoms with Crippen molar-refractivity contribution in [3.8, 4) is 0 Å². The van der Waals surface area contributed by atoms with Crippen LogP contribution in [0.5, 0.6) is 0 Å². The number of rotatable bonds is 5. The summed E-state index contributed by atoms with van der Waals surface area (Å²) in [5, 5.41) is 0.311. The lowest BCUT2D eigenvalue weighted by Gasteiger charge is -2.08. The van der Waals surface area contributed by atoms with Gasteiger partial charge in [-0.1, -0.05) is 11.6 Å². The molecule has 0 aliphatic heterocycles. The molecule has 0 unspecified atom stereocenters. The third-order valence-corrected chi connectivity index (χ3v) is 2.26. The number of ether oxygens (including phenoxy) is 2. The van der Waals surface area contributed by atoms with Crippen LogP contribution in [-0.2, 0) is 20.7 Å². The van der Waals surface area contributed by atoms with Gasteiger partial charge in [0.2, 0.25) is 0 Å². The minimum atomic E-state index is -0.549. The SMILES string of the molecule is CCOC(=O)Cc1ncc(Cl)cc1C(=O)OCC. The maximum atomic E-state index is 11.7. The topological polar surface area (TPSA) is 65.5 Å². The van der Waals surface area contributed by atoms with Crippen LogP contribution in [0.3, 0.4) is 0 Å². The molecule has 0 saturated heterocycles. The molecule has 1 rings (SSSR count). The zero-order valence-corrected chi connectivity index (χ0v) is 11.0. The van der Waals surface area contributed by atoms with Crippen LogP contribution < -0.4 is 0 Å². The fourth-order valence-electron chi connectivity index (χ4n) is 1.34. The van der Waals surface area contributed by atoms with Gasteiger partial charge in [-0.15, -0.1) is 0 Å². The molecule has 0 spiro atoms. The second kappa shape index (κ2) is 6.96. The van der Waals surface area contributed by atoms with Gasteiger partial charge in [0.25, 0.3) is 0 Å². The first-order valence-corrected chi connectivity index (χ1v) is 5.93. The van der Waals surface area contributed by atoms with Crippen LogP contribution in [0.25, 0.3) is 0 Å². The zero-order valence-electron chi connectivity index (χ0n) is 10.2. The zero-order chi connectivity index (χ0) is 13.5. The number of carbonyl (C=O) groups is 2. The van der Waals surface area contributed by atoms with E-state index in [0.717, 1.165) is 0 Å². The second-order valence-corrected chi connectivity index (χ2v) is 3.79. The Morgan fingerprint density at radius 1 is 1.28 bits per heavy atom. The lowest BCUT2D eigenvalue weighted by Crippen LogP contribution is -2.15. The minimum absolute atomic E-state index is 0.0842. The summed E-state index contributed by atoms with van der Waals surface area (Å²) >= 11 is 5.77. The molecule has 0 aliphatic rings. The molecular formula is C12H14ClNO4. The Morgan fingerprint density at radius 2 is 1.94 bits per heavy atom. The highest BCUT2D eigenvalue weighted by Gasteiger charge is 2.17. The van der Waals surface area contributed by atoms with Crippen molar-refractivity contribution in [2.75, 3.05) is 13.2 Å². The lowest BCUT2D eigenvalue weighted by atomic mass is 10.1. The highest BCUT2D eigenvalue weighted by atomic mass is 35.5. The van der Waals surface area contributed by atoms with Crippen LogP contribution in [0.15, 0.2) is 12.3 Å². The third-order valence-electron chi connectivity index (χ3n) is 2.05. The summed E-state index contributed by atoms with van der Waals surface area (Å²) in [4.78, 5) is 27.0. The van der Waals surface area contributed by atoms with E-state index in [0.29, 0.717) is 10.7 Å². The fraction of sp³-hybridized carbons (Fsp3) is 0.417. The number of hydrogen-bond donors (Lipinski definition) is 0. The second-order valence-electron chi connectivity index (χ2n) is 3.35. The van der Waals surface area contributed by atoms with Crippen LogP contribution in [0.4, 0.5) is 0 Å². The number of nitrogens with zero attached hydrogens (tertiary/aromatic N) is 1. The van der Waals surface area contributed by atoms with E-state index in [9.17, 15) is 9.59 Å². The van der Waals surface area contributed by atoms with E-state index < -0.39 is 11.9 Å². The van der Waals surface area contributed by atoms with E-state index in [1.54, 1.807) is 13.8 Å².